The van der Waals surface area contributed by atoms with Crippen molar-refractivity contribution in [3.05, 3.63) is 54.1 Å². The van der Waals surface area contributed by atoms with E-state index in [4.69, 9.17) is 0 Å². The number of hydrazine groups is 1. The summed E-state index contributed by atoms with van der Waals surface area (Å²) in [5.74, 6) is -2.07. The van der Waals surface area contributed by atoms with Gasteiger partial charge in [-0.15, -0.1) is 15.1 Å². The fraction of sp³-hybridized carbons (Fsp3) is 0.333. The Morgan fingerprint density at radius 3 is 2.38 bits per heavy atom. The van der Waals surface area contributed by atoms with Crippen molar-refractivity contribution in [2.45, 2.75) is 6.42 Å². The molecule has 1 aliphatic rings. The lowest BCUT2D eigenvalue weighted by Gasteiger charge is -2.21. The zero-order valence-corrected chi connectivity index (χ0v) is 13.0. The molecule has 0 bridgehead atoms. The lowest BCUT2D eigenvalue weighted by Crippen LogP contribution is -2.44. The Balaban J connectivity index is 2.16. The van der Waals surface area contributed by atoms with Crippen LogP contribution in [-0.2, 0) is 9.63 Å². The molecule has 1 aromatic carbocycles. The summed E-state index contributed by atoms with van der Waals surface area (Å²) in [4.78, 5) is 60.1. The number of carbonyl (C=O) groups excluding carboxylic acids is 2. The van der Waals surface area contributed by atoms with E-state index >= 15 is 0 Å². The van der Waals surface area contributed by atoms with E-state index in [0.717, 1.165) is 23.1 Å². The number of ketones is 1. The molecule has 138 valence electrons. The van der Waals surface area contributed by atoms with Gasteiger partial charge in [-0.2, -0.15) is 0 Å². The van der Waals surface area contributed by atoms with Crippen LogP contribution in [0.25, 0.3) is 0 Å². The van der Waals surface area contributed by atoms with Gasteiger partial charge >= 0.3 is 5.91 Å². The van der Waals surface area contributed by atoms with Crippen molar-refractivity contribution >= 4 is 23.1 Å². The topological polar surface area (TPSA) is 179 Å². The summed E-state index contributed by atoms with van der Waals surface area (Å²) in [5.41, 5.74) is -0.599. The molecule has 0 saturated heterocycles. The summed E-state index contributed by atoms with van der Waals surface area (Å²) >= 11 is 0. The molecule has 1 amide bonds. The fourth-order valence-electron chi connectivity index (χ4n) is 2.30. The third-order valence-electron chi connectivity index (χ3n) is 3.46. The van der Waals surface area contributed by atoms with E-state index in [2.05, 4.69) is 4.84 Å². The lowest BCUT2D eigenvalue weighted by atomic mass is 10.1. The largest absolute Gasteiger partial charge is 0.314 e. The highest BCUT2D eigenvalue weighted by atomic mass is 16.9. The Morgan fingerprint density at radius 1 is 1.12 bits per heavy atom. The van der Waals surface area contributed by atoms with Crippen LogP contribution in [0.2, 0.25) is 0 Å². The predicted molar refractivity (Wildman–Crippen MR) is 81.0 cm³/mol. The highest BCUT2D eigenvalue weighted by Gasteiger charge is 2.39. The zero-order chi connectivity index (χ0) is 19.4. The standard InChI is InChI=1S/C12H11N5O9/c18-11-9-6-8(15(20)21)2-3-10(9)14(12(11)19)7-13(16(22)23)4-1-5-26-17(24)25/h2-3,6H,1,4-5,7H2. The summed E-state index contributed by atoms with van der Waals surface area (Å²) in [6, 6.07) is 3.15. The van der Waals surface area contributed by atoms with Gasteiger partial charge in [0, 0.05) is 12.1 Å². The summed E-state index contributed by atoms with van der Waals surface area (Å²) in [6.45, 7) is -1.28. The number of hydrogen-bond donors (Lipinski definition) is 0. The van der Waals surface area contributed by atoms with Gasteiger partial charge in [-0.05, 0) is 12.5 Å². The number of non-ortho nitro benzene ring substituents is 1. The monoisotopic (exact) mass is 369 g/mol. The Labute approximate surface area is 143 Å². The fourth-order valence-corrected chi connectivity index (χ4v) is 2.30. The van der Waals surface area contributed by atoms with Gasteiger partial charge in [0.2, 0.25) is 0 Å². The molecule has 0 radical (unpaired) electrons. The molecule has 0 fully saturated rings. The molecular weight excluding hydrogens is 358 g/mol. The van der Waals surface area contributed by atoms with Crippen LogP contribution in [0.15, 0.2) is 18.2 Å². The number of amides is 1. The van der Waals surface area contributed by atoms with Crippen molar-refractivity contribution in [3.8, 4) is 0 Å². The number of Topliss-reactive ketones (excluding diaryl/α,β-unsaturated/α-hetero) is 1. The van der Waals surface area contributed by atoms with Crippen LogP contribution in [-0.4, -0.2) is 51.6 Å². The van der Waals surface area contributed by atoms with E-state index in [1.54, 1.807) is 0 Å². The third-order valence-corrected chi connectivity index (χ3v) is 3.46. The first-order valence-electron chi connectivity index (χ1n) is 7.03. The normalized spacial score (nSPS) is 12.7. The van der Waals surface area contributed by atoms with Crippen LogP contribution in [0.3, 0.4) is 0 Å². The summed E-state index contributed by atoms with van der Waals surface area (Å²) in [6.07, 6.45) is -0.0783. The van der Waals surface area contributed by atoms with Gasteiger partial charge in [0.15, 0.2) is 11.7 Å². The highest BCUT2D eigenvalue weighted by Crippen LogP contribution is 2.32. The van der Waals surface area contributed by atoms with Crippen molar-refractivity contribution in [3.63, 3.8) is 0 Å². The molecule has 2 rings (SSSR count). The first-order valence-corrected chi connectivity index (χ1v) is 7.03. The second kappa shape index (κ2) is 7.37. The van der Waals surface area contributed by atoms with Crippen molar-refractivity contribution in [1.82, 2.24) is 5.01 Å². The predicted octanol–water partition coefficient (Wildman–Crippen LogP) is 0.174. The van der Waals surface area contributed by atoms with Crippen LogP contribution >= 0.6 is 0 Å². The molecular formula is C12H11N5O9. The molecule has 0 aromatic heterocycles. The van der Waals surface area contributed by atoms with Gasteiger partial charge in [0.05, 0.1) is 29.3 Å². The lowest BCUT2D eigenvalue weighted by molar-refractivity contribution is -0.758. The number of hydrogen-bond acceptors (Lipinski definition) is 9. The van der Waals surface area contributed by atoms with Crippen LogP contribution < -0.4 is 4.90 Å². The van der Waals surface area contributed by atoms with Crippen LogP contribution in [0.5, 0.6) is 0 Å². The molecule has 1 heterocycles. The first-order chi connectivity index (χ1) is 12.2. The minimum atomic E-state index is -1.06. The minimum Gasteiger partial charge on any atom is -0.314 e. The van der Waals surface area contributed by atoms with Crippen LogP contribution in [0, 0.1) is 30.3 Å². The van der Waals surface area contributed by atoms with Crippen LogP contribution in [0.4, 0.5) is 11.4 Å². The molecule has 0 N–H and O–H groups in total. The summed E-state index contributed by atoms with van der Waals surface area (Å²) < 4.78 is 0. The Morgan fingerprint density at radius 2 is 1.81 bits per heavy atom. The molecule has 26 heavy (non-hydrogen) atoms. The molecule has 1 aliphatic heterocycles. The Hall–Kier alpha value is -3.84. The maximum Gasteiger partial charge on any atom is 0.301 e. The van der Waals surface area contributed by atoms with Gasteiger partial charge in [-0.25, -0.2) is 10.1 Å². The zero-order valence-electron chi connectivity index (χ0n) is 13.0. The van der Waals surface area contributed by atoms with E-state index in [9.17, 15) is 39.9 Å². The summed E-state index contributed by atoms with van der Waals surface area (Å²) in [5, 5.41) is 30.6. The highest BCUT2D eigenvalue weighted by molar-refractivity contribution is 6.52. The maximum atomic E-state index is 12.1. The smallest absolute Gasteiger partial charge is 0.301 e. The average molecular weight is 369 g/mol. The molecule has 0 unspecified atom stereocenters. The average Bonchev–Trinajstić information content (AvgIpc) is 2.81. The molecule has 0 atom stereocenters. The third kappa shape index (κ3) is 3.80. The quantitative estimate of drug-likeness (QED) is 0.252. The number of rotatable bonds is 9. The van der Waals surface area contributed by atoms with Gasteiger partial charge in [-0.3, -0.25) is 24.6 Å². The number of nitro benzene ring substituents is 1. The first kappa shape index (κ1) is 18.5. The number of nitrogens with zero attached hydrogens (tertiary/aromatic N) is 5. The minimum absolute atomic E-state index is 0.0130. The van der Waals surface area contributed by atoms with Crippen molar-refractivity contribution < 1.29 is 29.5 Å². The van der Waals surface area contributed by atoms with Gasteiger partial charge in [0.1, 0.15) is 0 Å². The molecule has 0 aliphatic carbocycles. The van der Waals surface area contributed by atoms with E-state index in [1.807, 2.05) is 0 Å². The van der Waals surface area contributed by atoms with E-state index in [1.165, 1.54) is 0 Å². The Bertz CT molecular complexity index is 795. The number of fused-ring (bicyclic) bond motifs is 1. The number of anilines is 1. The second-order valence-corrected chi connectivity index (χ2v) is 5.04. The molecule has 14 nitrogen and oxygen atoms in total. The van der Waals surface area contributed by atoms with E-state index in [0.29, 0.717) is 5.01 Å². The molecule has 1 aromatic rings. The molecule has 0 saturated carbocycles. The van der Waals surface area contributed by atoms with E-state index < -0.39 is 39.1 Å². The summed E-state index contributed by atoms with van der Waals surface area (Å²) in [7, 11) is 0. The maximum absolute atomic E-state index is 12.1. The van der Waals surface area contributed by atoms with Crippen molar-refractivity contribution in [2.75, 3.05) is 24.7 Å². The SMILES string of the molecule is O=C1C(=O)N(CN(CCCO[N+](=O)[O-])[N+](=O)[O-])c2ccc([N+](=O)[O-])cc21. The number of carbonyl (C=O) groups is 2. The number of benzene rings is 1. The molecule has 14 heteroatoms. The Kier molecular flexibility index (Phi) is 5.24. The van der Waals surface area contributed by atoms with Crippen molar-refractivity contribution in [2.24, 2.45) is 0 Å². The second-order valence-electron chi connectivity index (χ2n) is 5.04. The van der Waals surface area contributed by atoms with Gasteiger partial charge in [0.25, 0.3) is 16.6 Å². The number of nitro groups is 2. The van der Waals surface area contributed by atoms with Gasteiger partial charge < -0.3 is 4.84 Å². The van der Waals surface area contributed by atoms with Crippen LogP contribution in [0.1, 0.15) is 16.8 Å². The van der Waals surface area contributed by atoms with E-state index in [-0.39, 0.29) is 30.8 Å². The van der Waals surface area contributed by atoms with Crippen molar-refractivity contribution in [1.29, 1.82) is 0 Å². The van der Waals surface area contributed by atoms with Gasteiger partial charge in [-0.1, -0.05) is 0 Å². The molecule has 0 spiro atoms.